The number of aromatic nitrogens is 1. The second-order valence-corrected chi connectivity index (χ2v) is 22.9. The lowest BCUT2D eigenvalue weighted by Gasteiger charge is -2.38. The molecule has 0 spiro atoms. The van der Waals surface area contributed by atoms with Gasteiger partial charge in [-0.2, -0.15) is 0 Å². The van der Waals surface area contributed by atoms with Crippen LogP contribution in [-0.2, 0) is 21.7 Å². The van der Waals surface area contributed by atoms with E-state index >= 15 is 0 Å². The first-order valence-corrected chi connectivity index (χ1v) is 24.6. The van der Waals surface area contributed by atoms with Crippen molar-refractivity contribution in [1.29, 1.82) is 0 Å². The molecule has 3 heteroatoms. The van der Waals surface area contributed by atoms with Crippen LogP contribution in [0.25, 0.3) is 82.8 Å². The van der Waals surface area contributed by atoms with Crippen molar-refractivity contribution in [1.82, 2.24) is 4.57 Å². The normalized spacial score (nSPS) is 16.6. The summed E-state index contributed by atoms with van der Waals surface area (Å²) in [5, 5.41) is 9.24. The van der Waals surface area contributed by atoms with Crippen LogP contribution in [0.5, 0.6) is 0 Å². The van der Waals surface area contributed by atoms with Crippen LogP contribution in [0.1, 0.15) is 101 Å². The van der Waals surface area contributed by atoms with E-state index in [2.05, 4.69) is 237 Å². The number of hydrogen-bond acceptors (Lipinski definition) is 1. The van der Waals surface area contributed by atoms with Crippen molar-refractivity contribution in [3.63, 3.8) is 0 Å². The number of anilines is 2. The molecule has 2 nitrogen and oxygen atoms in total. The van der Waals surface area contributed by atoms with Gasteiger partial charge < -0.3 is 9.88 Å². The molecule has 2 aliphatic carbocycles. The fourth-order valence-electron chi connectivity index (χ4n) is 13.2. The van der Waals surface area contributed by atoms with Crippen molar-refractivity contribution in [2.75, 3.05) is 5.32 Å². The molecule has 0 fully saturated rings. The quantitative estimate of drug-likeness (QED) is 0.174. The van der Waals surface area contributed by atoms with Gasteiger partial charge >= 0.3 is 0 Å². The Morgan fingerprint density at radius 1 is 0.485 bits per heavy atom. The van der Waals surface area contributed by atoms with E-state index < -0.39 is 0 Å². The van der Waals surface area contributed by atoms with E-state index in [1.807, 2.05) is 0 Å². The molecule has 2 aliphatic heterocycles. The fourth-order valence-corrected chi connectivity index (χ4v) is 13.2. The summed E-state index contributed by atoms with van der Waals surface area (Å²) < 4.78 is 2.73. The van der Waals surface area contributed by atoms with Crippen LogP contribution in [0.15, 0.2) is 158 Å². The highest BCUT2D eigenvalue weighted by atomic mass is 15.0. The molecule has 14 rings (SSSR count). The van der Waals surface area contributed by atoms with Crippen LogP contribution in [0.4, 0.5) is 11.4 Å². The van der Waals surface area contributed by atoms with Gasteiger partial charge in [-0.15, -0.1) is 0 Å². The van der Waals surface area contributed by atoms with Crippen LogP contribution in [0.3, 0.4) is 0 Å². The zero-order valence-corrected chi connectivity index (χ0v) is 40.5. The van der Waals surface area contributed by atoms with Crippen molar-refractivity contribution in [3.05, 3.63) is 197 Å². The highest BCUT2D eigenvalue weighted by Crippen LogP contribution is 2.61. The fraction of sp³-hybridized carbons (Fsp3) is 0.200. The highest BCUT2D eigenvalue weighted by Gasteiger charge is 2.49. The molecule has 0 saturated heterocycles. The predicted octanol–water partition coefficient (Wildman–Crippen LogP) is 15.5. The summed E-state index contributed by atoms with van der Waals surface area (Å²) in [6, 6.07) is 60.9. The first-order chi connectivity index (χ1) is 32.6. The number of fused-ring (bicyclic) bond motifs is 10. The SMILES string of the molecule is CC(C)(C)c1ccc(Nc2ccc(C(C)(C)C)cc2-c2cc(-c3ccc4c(c3)-c3ccccc3C4(C)C)c3c4c5ccccc5cc5c4n4c3c2[B]c2ccc3c(c2-4)C5(C)c2ccccc2-3)cc1. The molecule has 4 aliphatic rings. The minimum Gasteiger partial charge on any atom is -0.355 e. The molecule has 327 valence electrons. The Hall–Kier alpha value is -7.10. The van der Waals surface area contributed by atoms with Crippen molar-refractivity contribution in [2.24, 2.45) is 0 Å². The van der Waals surface area contributed by atoms with Crippen LogP contribution < -0.4 is 16.2 Å². The molecule has 1 N–H and O–H groups in total. The molecule has 1 unspecified atom stereocenters. The number of nitrogens with one attached hydrogen (secondary N) is 1. The predicted molar refractivity (Wildman–Crippen MR) is 290 cm³/mol. The second-order valence-electron chi connectivity index (χ2n) is 22.9. The van der Waals surface area contributed by atoms with Crippen molar-refractivity contribution in [3.8, 4) is 50.2 Å². The smallest absolute Gasteiger partial charge is 0.197 e. The van der Waals surface area contributed by atoms with Crippen LogP contribution >= 0.6 is 0 Å². The lowest BCUT2D eigenvalue weighted by molar-refractivity contribution is 0.590. The van der Waals surface area contributed by atoms with E-state index in [-0.39, 0.29) is 21.7 Å². The van der Waals surface area contributed by atoms with Gasteiger partial charge in [0.25, 0.3) is 0 Å². The average Bonchev–Trinajstić information content (AvgIpc) is 3.91. The summed E-state index contributed by atoms with van der Waals surface area (Å²) in [6.07, 6.45) is 0. The lowest BCUT2D eigenvalue weighted by atomic mass is 9.57. The maximum Gasteiger partial charge on any atom is 0.197 e. The van der Waals surface area contributed by atoms with E-state index in [1.54, 1.807) is 0 Å². The number of benzene rings is 9. The lowest BCUT2D eigenvalue weighted by Crippen LogP contribution is -2.41. The first kappa shape index (κ1) is 40.0. The Morgan fingerprint density at radius 3 is 1.93 bits per heavy atom. The van der Waals surface area contributed by atoms with Crippen molar-refractivity contribution < 1.29 is 0 Å². The summed E-state index contributed by atoms with van der Waals surface area (Å²) in [4.78, 5) is 0. The molecule has 0 saturated carbocycles. The van der Waals surface area contributed by atoms with Gasteiger partial charge in [0, 0.05) is 49.7 Å². The van der Waals surface area contributed by atoms with Crippen molar-refractivity contribution >= 4 is 62.2 Å². The maximum absolute atomic E-state index is 3.98. The Morgan fingerprint density at radius 2 is 1.16 bits per heavy atom. The molecule has 68 heavy (non-hydrogen) atoms. The molecule has 1 radical (unpaired) electrons. The highest BCUT2D eigenvalue weighted by molar-refractivity contribution is 6.74. The van der Waals surface area contributed by atoms with Gasteiger partial charge in [-0.25, -0.2) is 0 Å². The summed E-state index contributed by atoms with van der Waals surface area (Å²) in [5.41, 5.74) is 28.3. The van der Waals surface area contributed by atoms with E-state index in [1.165, 1.54) is 133 Å². The van der Waals surface area contributed by atoms with Crippen LogP contribution in [0.2, 0.25) is 0 Å². The zero-order chi connectivity index (χ0) is 46.4. The standard InChI is InChI=1S/C65H54BN2/c1-62(2,3)38-23-26-40(27-24-38)67-54-31-25-39(63(4,5)6)34-47(54)48-35-45(37-22-29-50-46(32-37)43-19-12-14-20-49(43)64(50,7)8)56-55-41-17-11-10-16-36(41)33-52-59(55)68-60-53(66-58(48)61(56)68)30-28-44-42-18-13-15-21-51(42)65(52,9)57(44)60/h10-35,67H,1-9H3. The minimum absolute atomic E-state index is 0.0636. The number of hydrogen-bond donors (Lipinski definition) is 1. The van der Waals surface area contributed by atoms with Crippen LogP contribution in [0, 0.1) is 0 Å². The molecule has 1 aromatic heterocycles. The third-order valence-corrected chi connectivity index (χ3v) is 16.7. The molecule has 3 heterocycles. The monoisotopic (exact) mass is 873 g/mol. The summed E-state index contributed by atoms with van der Waals surface area (Å²) in [7, 11) is 2.54. The summed E-state index contributed by atoms with van der Waals surface area (Å²) in [5.74, 6) is 0. The molecule has 1 atom stereocenters. The Bertz CT molecular complexity index is 3900. The third-order valence-electron chi connectivity index (χ3n) is 16.7. The van der Waals surface area contributed by atoms with E-state index in [4.69, 9.17) is 0 Å². The van der Waals surface area contributed by atoms with Gasteiger partial charge in [0.2, 0.25) is 0 Å². The molecular formula is C65H54BN2. The van der Waals surface area contributed by atoms with Gasteiger partial charge in [-0.3, -0.25) is 0 Å². The Labute approximate surface area is 400 Å². The minimum atomic E-state index is -0.332. The zero-order valence-electron chi connectivity index (χ0n) is 40.5. The molecule has 0 bridgehead atoms. The van der Waals surface area contributed by atoms with Gasteiger partial charge in [0.05, 0.1) is 5.52 Å². The molecular weight excluding hydrogens is 820 g/mol. The number of nitrogens with zero attached hydrogens (tertiary/aromatic N) is 1. The van der Waals surface area contributed by atoms with E-state index in [0.717, 1.165) is 11.4 Å². The van der Waals surface area contributed by atoms with Gasteiger partial charge in [-0.1, -0.05) is 176 Å². The molecule has 0 amide bonds. The van der Waals surface area contributed by atoms with Crippen molar-refractivity contribution in [2.45, 2.75) is 84.0 Å². The molecule has 10 aromatic rings. The maximum atomic E-state index is 3.98. The van der Waals surface area contributed by atoms with Gasteiger partial charge in [-0.05, 0) is 154 Å². The van der Waals surface area contributed by atoms with E-state index in [9.17, 15) is 0 Å². The number of rotatable bonds is 4. The first-order valence-electron chi connectivity index (χ1n) is 24.6. The summed E-state index contributed by atoms with van der Waals surface area (Å²) >= 11 is 0. The second kappa shape index (κ2) is 13.1. The third kappa shape index (κ3) is 5.09. The Kier molecular flexibility index (Phi) is 7.72. The Balaban J connectivity index is 1.15. The largest absolute Gasteiger partial charge is 0.355 e. The van der Waals surface area contributed by atoms with Gasteiger partial charge in [0.15, 0.2) is 7.28 Å². The summed E-state index contributed by atoms with van der Waals surface area (Å²) in [6.45, 7) is 21.1. The van der Waals surface area contributed by atoms with Crippen LogP contribution in [-0.4, -0.2) is 11.8 Å². The van der Waals surface area contributed by atoms with Gasteiger partial charge in [0.1, 0.15) is 0 Å². The topological polar surface area (TPSA) is 17.0 Å². The molecule has 9 aromatic carbocycles. The average molecular weight is 874 g/mol. The van der Waals surface area contributed by atoms with E-state index in [0.29, 0.717) is 0 Å².